The summed E-state index contributed by atoms with van der Waals surface area (Å²) in [6, 6.07) is 10.8. The maximum atomic E-state index is 5.48. The number of ether oxygens (including phenoxy) is 1. The van der Waals surface area contributed by atoms with Crippen molar-refractivity contribution in [3.05, 3.63) is 35.9 Å². The zero-order chi connectivity index (χ0) is 19.8. The number of halogens is 1. The molecule has 0 spiro atoms. The van der Waals surface area contributed by atoms with E-state index in [9.17, 15) is 0 Å². The second kappa shape index (κ2) is 12.1. The summed E-state index contributed by atoms with van der Waals surface area (Å²) in [5.41, 5.74) is 1.54. The van der Waals surface area contributed by atoms with E-state index < -0.39 is 0 Å². The third kappa shape index (κ3) is 8.06. The average molecular weight is 514 g/mol. The van der Waals surface area contributed by atoms with Gasteiger partial charge in [-0.1, -0.05) is 44.2 Å². The minimum absolute atomic E-state index is 0. The maximum absolute atomic E-state index is 5.48. The van der Waals surface area contributed by atoms with Crippen molar-refractivity contribution in [1.29, 1.82) is 0 Å². The molecule has 2 saturated heterocycles. The summed E-state index contributed by atoms with van der Waals surface area (Å²) in [5, 5.41) is 3.53. The number of likely N-dealkylation sites (tertiary alicyclic amines) is 1. The molecular weight excluding hydrogens is 475 g/mol. The van der Waals surface area contributed by atoms with E-state index in [1.807, 2.05) is 0 Å². The molecular formula is C23H39IN4O. The Morgan fingerprint density at radius 3 is 2.59 bits per heavy atom. The number of morpholine rings is 1. The topological polar surface area (TPSA) is 40.1 Å². The van der Waals surface area contributed by atoms with Gasteiger partial charge in [-0.3, -0.25) is 9.89 Å². The van der Waals surface area contributed by atoms with Crippen LogP contribution in [0, 0.1) is 11.3 Å². The number of nitrogens with one attached hydrogen (secondary N) is 1. The van der Waals surface area contributed by atoms with E-state index >= 15 is 0 Å². The first kappa shape index (κ1) is 24.4. The molecule has 29 heavy (non-hydrogen) atoms. The highest BCUT2D eigenvalue weighted by Crippen LogP contribution is 2.23. The van der Waals surface area contributed by atoms with Crippen molar-refractivity contribution in [2.24, 2.45) is 16.3 Å². The van der Waals surface area contributed by atoms with Gasteiger partial charge in [0.25, 0.3) is 0 Å². The highest BCUT2D eigenvalue weighted by molar-refractivity contribution is 14.0. The third-order valence-corrected chi connectivity index (χ3v) is 5.72. The van der Waals surface area contributed by atoms with Gasteiger partial charge in [0.15, 0.2) is 5.96 Å². The third-order valence-electron chi connectivity index (χ3n) is 5.72. The molecule has 6 heteroatoms. The predicted octanol–water partition coefficient (Wildman–Crippen LogP) is 3.49. The van der Waals surface area contributed by atoms with Crippen molar-refractivity contribution in [2.75, 3.05) is 59.0 Å². The summed E-state index contributed by atoms with van der Waals surface area (Å²) in [6.45, 7) is 15.9. The predicted molar refractivity (Wildman–Crippen MR) is 132 cm³/mol. The summed E-state index contributed by atoms with van der Waals surface area (Å²) in [6.07, 6.45) is 2.31. The van der Waals surface area contributed by atoms with Gasteiger partial charge in [-0.25, -0.2) is 0 Å². The van der Waals surface area contributed by atoms with Gasteiger partial charge in [0.2, 0.25) is 0 Å². The van der Waals surface area contributed by atoms with Gasteiger partial charge in [0, 0.05) is 45.8 Å². The van der Waals surface area contributed by atoms with E-state index in [1.165, 1.54) is 18.5 Å². The fourth-order valence-corrected chi connectivity index (χ4v) is 4.24. The molecule has 0 bridgehead atoms. The molecule has 2 aliphatic heterocycles. The first-order valence-electron chi connectivity index (χ1n) is 10.9. The molecule has 0 aliphatic carbocycles. The first-order valence-corrected chi connectivity index (χ1v) is 10.9. The van der Waals surface area contributed by atoms with E-state index in [-0.39, 0.29) is 29.4 Å². The Hall–Kier alpha value is -0.860. The molecule has 2 fully saturated rings. The number of benzene rings is 1. The van der Waals surface area contributed by atoms with Crippen LogP contribution in [0.1, 0.15) is 32.8 Å². The molecule has 5 nitrogen and oxygen atoms in total. The quantitative estimate of drug-likeness (QED) is 0.344. The van der Waals surface area contributed by atoms with Crippen LogP contribution in [0.3, 0.4) is 0 Å². The van der Waals surface area contributed by atoms with E-state index in [4.69, 9.17) is 9.73 Å². The normalized spacial score (nSPS) is 21.1. The van der Waals surface area contributed by atoms with Gasteiger partial charge in [-0.2, -0.15) is 0 Å². The lowest BCUT2D eigenvalue weighted by molar-refractivity contribution is 0.0315. The summed E-state index contributed by atoms with van der Waals surface area (Å²) < 4.78 is 5.48. The molecule has 1 aromatic rings. The van der Waals surface area contributed by atoms with Crippen molar-refractivity contribution in [3.8, 4) is 0 Å². The van der Waals surface area contributed by atoms with Crippen LogP contribution in [-0.2, 0) is 11.2 Å². The summed E-state index contributed by atoms with van der Waals surface area (Å²) in [5.74, 6) is 1.83. The van der Waals surface area contributed by atoms with E-state index in [1.54, 1.807) is 0 Å². The molecule has 0 aromatic heterocycles. The lowest BCUT2D eigenvalue weighted by Gasteiger charge is -2.29. The number of guanidine groups is 1. The summed E-state index contributed by atoms with van der Waals surface area (Å²) >= 11 is 0. The summed E-state index contributed by atoms with van der Waals surface area (Å²) in [7, 11) is 0. The highest BCUT2D eigenvalue weighted by Gasteiger charge is 2.27. The number of hydrogen-bond donors (Lipinski definition) is 1. The molecule has 0 amide bonds. The van der Waals surface area contributed by atoms with Crippen molar-refractivity contribution in [2.45, 2.75) is 33.6 Å². The molecule has 3 rings (SSSR count). The van der Waals surface area contributed by atoms with Crippen LogP contribution in [0.2, 0.25) is 0 Å². The Bertz CT molecular complexity index is 617. The van der Waals surface area contributed by atoms with E-state index in [2.05, 4.69) is 66.2 Å². The SMILES string of the molecule is CCNC(=NCC(C)(C)Cc1ccccc1)N1CCC(CN2CCOCC2)C1.I. The zero-order valence-electron chi connectivity index (χ0n) is 18.4. The van der Waals surface area contributed by atoms with E-state index in [0.29, 0.717) is 0 Å². The highest BCUT2D eigenvalue weighted by atomic mass is 127. The van der Waals surface area contributed by atoms with Crippen LogP contribution in [0.15, 0.2) is 35.3 Å². The fourth-order valence-electron chi connectivity index (χ4n) is 4.24. The van der Waals surface area contributed by atoms with Gasteiger partial charge in [-0.15, -0.1) is 24.0 Å². The Labute approximate surface area is 194 Å². The van der Waals surface area contributed by atoms with Crippen molar-refractivity contribution < 1.29 is 4.74 Å². The molecule has 2 heterocycles. The molecule has 2 aliphatic rings. The molecule has 1 N–H and O–H groups in total. The number of rotatable bonds is 7. The van der Waals surface area contributed by atoms with Crippen molar-refractivity contribution in [1.82, 2.24) is 15.1 Å². The lowest BCUT2D eigenvalue weighted by Crippen LogP contribution is -2.42. The van der Waals surface area contributed by atoms with Crippen LogP contribution in [0.5, 0.6) is 0 Å². The standard InChI is InChI=1S/C23H38N4O.HI/c1-4-24-22(25-19-23(2,3)16-20-8-6-5-7-9-20)27-11-10-21(18-27)17-26-12-14-28-15-13-26;/h5-9,21H,4,10-19H2,1-3H3,(H,24,25);1H. The van der Waals surface area contributed by atoms with Gasteiger partial charge < -0.3 is 15.0 Å². The van der Waals surface area contributed by atoms with Crippen LogP contribution >= 0.6 is 24.0 Å². The zero-order valence-corrected chi connectivity index (χ0v) is 20.7. The Morgan fingerprint density at radius 2 is 1.90 bits per heavy atom. The second-order valence-corrected chi connectivity index (χ2v) is 9.01. The maximum Gasteiger partial charge on any atom is 0.193 e. The molecule has 164 valence electrons. The van der Waals surface area contributed by atoms with Crippen molar-refractivity contribution >= 4 is 29.9 Å². The minimum atomic E-state index is 0. The van der Waals surface area contributed by atoms with Crippen molar-refractivity contribution in [3.63, 3.8) is 0 Å². The Morgan fingerprint density at radius 1 is 1.17 bits per heavy atom. The van der Waals surface area contributed by atoms with Crippen LogP contribution in [-0.4, -0.2) is 74.8 Å². The summed E-state index contributed by atoms with van der Waals surface area (Å²) in [4.78, 5) is 10.1. The van der Waals surface area contributed by atoms with Gasteiger partial charge in [-0.05, 0) is 36.7 Å². The molecule has 0 radical (unpaired) electrons. The van der Waals surface area contributed by atoms with Crippen LogP contribution in [0.4, 0.5) is 0 Å². The molecule has 1 aromatic carbocycles. The molecule has 0 saturated carbocycles. The number of aliphatic imine (C=N–C) groups is 1. The smallest absolute Gasteiger partial charge is 0.193 e. The number of hydrogen-bond acceptors (Lipinski definition) is 3. The van der Waals surface area contributed by atoms with Crippen LogP contribution in [0.25, 0.3) is 0 Å². The molecule has 1 unspecified atom stereocenters. The van der Waals surface area contributed by atoms with Gasteiger partial charge >= 0.3 is 0 Å². The molecule has 1 atom stereocenters. The average Bonchev–Trinajstić information content (AvgIpc) is 3.14. The van der Waals surface area contributed by atoms with E-state index in [0.717, 1.165) is 70.8 Å². The monoisotopic (exact) mass is 514 g/mol. The second-order valence-electron chi connectivity index (χ2n) is 9.01. The largest absolute Gasteiger partial charge is 0.379 e. The van der Waals surface area contributed by atoms with Gasteiger partial charge in [0.1, 0.15) is 0 Å². The first-order chi connectivity index (χ1) is 13.6. The minimum Gasteiger partial charge on any atom is -0.379 e. The fraction of sp³-hybridized carbons (Fsp3) is 0.696. The van der Waals surface area contributed by atoms with Gasteiger partial charge in [0.05, 0.1) is 13.2 Å². The Kier molecular flexibility index (Phi) is 10.2. The Balaban J connectivity index is 0.00000300. The lowest BCUT2D eigenvalue weighted by atomic mass is 9.86. The van der Waals surface area contributed by atoms with Crippen LogP contribution < -0.4 is 5.32 Å². The number of nitrogens with zero attached hydrogens (tertiary/aromatic N) is 3.